The summed E-state index contributed by atoms with van der Waals surface area (Å²) in [5, 5.41) is 18.2. The molecule has 0 aliphatic heterocycles. The third-order valence-corrected chi connectivity index (χ3v) is 3.13. The predicted molar refractivity (Wildman–Crippen MR) is 61.4 cm³/mol. The highest BCUT2D eigenvalue weighted by Gasteiger charge is 2.56. The van der Waals surface area contributed by atoms with Crippen LogP contribution >= 0.6 is 8.25 Å². The molecule has 0 radical (unpaired) electrons. The van der Waals surface area contributed by atoms with Gasteiger partial charge in [-0.1, -0.05) is 27.7 Å². The minimum atomic E-state index is -4.32. The second-order valence-electron chi connectivity index (χ2n) is 4.91. The first-order valence-electron chi connectivity index (χ1n) is 5.78. The molecule has 0 aliphatic carbocycles. The van der Waals surface area contributed by atoms with E-state index in [1.807, 2.05) is 0 Å². The molecule has 120 valence electrons. The molecule has 0 saturated carbocycles. The van der Waals surface area contributed by atoms with E-state index < -0.39 is 44.5 Å². The SMILES string of the molecule is CC(C)C(O)C(F)(F)O[P+](=O)OC(F)(F)C(O)C(C)C. The van der Waals surface area contributed by atoms with Crippen LogP contribution in [-0.4, -0.2) is 34.6 Å². The molecule has 2 atom stereocenters. The average Bonchev–Trinajstić information content (AvgIpc) is 2.24. The van der Waals surface area contributed by atoms with E-state index in [0.717, 1.165) is 0 Å². The first-order chi connectivity index (χ1) is 8.81. The van der Waals surface area contributed by atoms with Crippen molar-refractivity contribution in [3.8, 4) is 0 Å². The number of alkyl halides is 4. The van der Waals surface area contributed by atoms with Gasteiger partial charge in [-0.2, -0.15) is 17.6 Å². The van der Waals surface area contributed by atoms with Crippen LogP contribution in [0, 0.1) is 11.8 Å². The Hall–Kier alpha value is -0.340. The first kappa shape index (κ1) is 19.7. The van der Waals surface area contributed by atoms with Crippen LogP contribution < -0.4 is 0 Å². The topological polar surface area (TPSA) is 76.0 Å². The predicted octanol–water partition coefficient (Wildman–Crippen LogP) is 2.90. The van der Waals surface area contributed by atoms with Crippen LogP contribution in [0.25, 0.3) is 0 Å². The molecule has 0 aromatic heterocycles. The Morgan fingerprint density at radius 1 is 0.850 bits per heavy atom. The molecule has 0 saturated heterocycles. The molecular weight excluding hydrogens is 307 g/mol. The Kier molecular flexibility index (Phi) is 6.96. The van der Waals surface area contributed by atoms with E-state index >= 15 is 0 Å². The van der Waals surface area contributed by atoms with Gasteiger partial charge in [-0.3, -0.25) is 0 Å². The standard InChI is InChI=1S/C10H18F4O5P/c1-5(2)7(15)9(11,12)18-20(17)19-10(13,14)8(16)6(3)4/h5-8,15-16H,1-4H3/q+1. The summed E-state index contributed by atoms with van der Waals surface area (Å²) < 4.78 is 71.0. The van der Waals surface area contributed by atoms with Crippen molar-refractivity contribution < 1.29 is 41.4 Å². The summed E-state index contributed by atoms with van der Waals surface area (Å²) in [6.07, 6.45) is -13.3. The van der Waals surface area contributed by atoms with E-state index in [9.17, 15) is 22.1 Å². The lowest BCUT2D eigenvalue weighted by Gasteiger charge is -2.21. The summed E-state index contributed by atoms with van der Waals surface area (Å²) in [6, 6.07) is 0. The monoisotopic (exact) mass is 325 g/mol. The lowest BCUT2D eigenvalue weighted by atomic mass is 10.1. The highest BCUT2D eigenvalue weighted by Crippen LogP contribution is 2.43. The highest BCUT2D eigenvalue weighted by molar-refractivity contribution is 7.33. The van der Waals surface area contributed by atoms with Crippen LogP contribution in [-0.2, 0) is 13.6 Å². The molecule has 0 aromatic carbocycles. The van der Waals surface area contributed by atoms with Crippen molar-refractivity contribution in [3.63, 3.8) is 0 Å². The molecule has 10 heteroatoms. The van der Waals surface area contributed by atoms with Crippen LogP contribution in [0.1, 0.15) is 27.7 Å². The van der Waals surface area contributed by atoms with Crippen molar-refractivity contribution in [1.82, 2.24) is 0 Å². The lowest BCUT2D eigenvalue weighted by Crippen LogP contribution is -2.40. The van der Waals surface area contributed by atoms with Crippen LogP contribution in [0.2, 0.25) is 0 Å². The van der Waals surface area contributed by atoms with Gasteiger partial charge in [-0.25, -0.2) is 0 Å². The third kappa shape index (κ3) is 5.57. The fraction of sp³-hybridized carbons (Fsp3) is 1.00. The molecule has 0 rings (SSSR count). The van der Waals surface area contributed by atoms with E-state index in [2.05, 4.69) is 9.05 Å². The van der Waals surface area contributed by atoms with E-state index in [-0.39, 0.29) is 0 Å². The van der Waals surface area contributed by atoms with Crippen molar-refractivity contribution in [2.75, 3.05) is 0 Å². The summed E-state index contributed by atoms with van der Waals surface area (Å²) >= 11 is 0. The van der Waals surface area contributed by atoms with Crippen molar-refractivity contribution >= 4 is 8.25 Å². The molecule has 2 unspecified atom stereocenters. The average molecular weight is 325 g/mol. The maximum absolute atomic E-state index is 13.2. The molecule has 0 fully saturated rings. The highest BCUT2D eigenvalue weighted by atomic mass is 31.1. The Morgan fingerprint density at radius 2 is 1.10 bits per heavy atom. The normalized spacial score (nSPS) is 17.5. The largest absolute Gasteiger partial charge is 0.710 e. The Morgan fingerprint density at radius 3 is 1.30 bits per heavy atom. The van der Waals surface area contributed by atoms with E-state index in [1.54, 1.807) is 0 Å². The van der Waals surface area contributed by atoms with Crippen LogP contribution in [0.3, 0.4) is 0 Å². The van der Waals surface area contributed by atoms with Gasteiger partial charge in [0.25, 0.3) is 0 Å². The van der Waals surface area contributed by atoms with Gasteiger partial charge in [0, 0.05) is 4.57 Å². The second-order valence-corrected chi connectivity index (χ2v) is 5.72. The molecule has 2 N–H and O–H groups in total. The molecule has 20 heavy (non-hydrogen) atoms. The summed E-state index contributed by atoms with van der Waals surface area (Å²) in [7, 11) is -3.94. The van der Waals surface area contributed by atoms with Gasteiger partial charge in [0.1, 0.15) is 0 Å². The van der Waals surface area contributed by atoms with Crippen LogP contribution in [0.5, 0.6) is 0 Å². The number of hydrogen-bond acceptors (Lipinski definition) is 5. The fourth-order valence-electron chi connectivity index (χ4n) is 1.10. The molecule has 5 nitrogen and oxygen atoms in total. The lowest BCUT2D eigenvalue weighted by molar-refractivity contribution is -0.276. The molecule has 0 amide bonds. The van der Waals surface area contributed by atoms with E-state index in [0.29, 0.717) is 0 Å². The maximum Gasteiger partial charge on any atom is 0.710 e. The van der Waals surface area contributed by atoms with Crippen molar-refractivity contribution in [2.45, 2.75) is 52.1 Å². The van der Waals surface area contributed by atoms with Crippen molar-refractivity contribution in [1.29, 1.82) is 0 Å². The summed E-state index contributed by atoms with van der Waals surface area (Å²) in [6.45, 7) is 4.92. The minimum Gasteiger partial charge on any atom is -0.384 e. The number of hydrogen-bond donors (Lipinski definition) is 2. The molecule has 0 bridgehead atoms. The van der Waals surface area contributed by atoms with Gasteiger partial charge in [-0.05, 0) is 20.9 Å². The smallest absolute Gasteiger partial charge is 0.384 e. The zero-order valence-electron chi connectivity index (χ0n) is 11.4. The Bertz CT molecular complexity index is 308. The molecule has 0 aliphatic rings. The van der Waals surface area contributed by atoms with Crippen molar-refractivity contribution in [3.05, 3.63) is 0 Å². The van der Waals surface area contributed by atoms with Gasteiger partial charge in [0.2, 0.25) is 0 Å². The number of aliphatic hydroxyl groups excluding tert-OH is 2. The van der Waals surface area contributed by atoms with Gasteiger partial charge >= 0.3 is 20.5 Å². The third-order valence-electron chi connectivity index (χ3n) is 2.34. The Labute approximate surface area is 114 Å². The number of rotatable bonds is 8. The number of halogens is 4. The number of aliphatic hydroxyl groups is 2. The Balaban J connectivity index is 4.72. The van der Waals surface area contributed by atoms with E-state index in [4.69, 9.17) is 10.2 Å². The van der Waals surface area contributed by atoms with Gasteiger partial charge in [-0.15, -0.1) is 0 Å². The van der Waals surface area contributed by atoms with Crippen LogP contribution in [0.4, 0.5) is 17.6 Å². The van der Waals surface area contributed by atoms with Crippen molar-refractivity contribution in [2.24, 2.45) is 11.8 Å². The second kappa shape index (κ2) is 7.09. The summed E-state index contributed by atoms with van der Waals surface area (Å²) in [4.78, 5) is 0. The summed E-state index contributed by atoms with van der Waals surface area (Å²) in [5.41, 5.74) is 0. The molecule has 0 spiro atoms. The van der Waals surface area contributed by atoms with Gasteiger partial charge < -0.3 is 10.2 Å². The minimum absolute atomic E-state index is 0.963. The quantitative estimate of drug-likeness (QED) is 0.530. The summed E-state index contributed by atoms with van der Waals surface area (Å²) in [5.74, 6) is -1.93. The molecular formula is C10H18F4O5P+. The fourth-order valence-corrected chi connectivity index (χ4v) is 1.75. The zero-order valence-corrected chi connectivity index (χ0v) is 12.3. The molecule has 0 aromatic rings. The maximum atomic E-state index is 13.2. The first-order valence-corrected chi connectivity index (χ1v) is 6.88. The molecule has 0 heterocycles. The van der Waals surface area contributed by atoms with Gasteiger partial charge in [0.05, 0.1) is 0 Å². The van der Waals surface area contributed by atoms with E-state index in [1.165, 1.54) is 27.7 Å². The zero-order chi connectivity index (χ0) is 16.3. The van der Waals surface area contributed by atoms with Crippen LogP contribution in [0.15, 0.2) is 0 Å². The van der Waals surface area contributed by atoms with Gasteiger partial charge in [0.15, 0.2) is 12.2 Å².